The third-order valence-corrected chi connectivity index (χ3v) is 5.06. The quantitative estimate of drug-likeness (QED) is 0.908. The van der Waals surface area contributed by atoms with Gasteiger partial charge in [0.2, 0.25) is 11.8 Å². The minimum absolute atomic E-state index is 0.0106. The van der Waals surface area contributed by atoms with Crippen LogP contribution in [0.4, 0.5) is 11.4 Å². The molecule has 1 fully saturated rings. The van der Waals surface area contributed by atoms with Gasteiger partial charge in [0.25, 0.3) is 0 Å². The molecule has 2 amide bonds. The predicted octanol–water partition coefficient (Wildman–Crippen LogP) is 2.73. The van der Waals surface area contributed by atoms with Crippen LogP contribution in [-0.4, -0.2) is 41.9 Å². The van der Waals surface area contributed by atoms with Crippen molar-refractivity contribution in [2.24, 2.45) is 11.8 Å². The van der Waals surface area contributed by atoms with Crippen molar-refractivity contribution in [2.45, 2.75) is 39.7 Å². The van der Waals surface area contributed by atoms with Crippen LogP contribution >= 0.6 is 0 Å². The van der Waals surface area contributed by atoms with Crippen LogP contribution in [0.25, 0.3) is 0 Å². The van der Waals surface area contributed by atoms with Crippen LogP contribution < -0.4 is 10.2 Å². The van der Waals surface area contributed by atoms with Crippen molar-refractivity contribution in [1.82, 2.24) is 4.90 Å². The number of nitrogens with zero attached hydrogens (tertiary/aromatic N) is 2. The molecule has 24 heavy (non-hydrogen) atoms. The maximum Gasteiger partial charge on any atom is 0.250 e. The van der Waals surface area contributed by atoms with E-state index >= 15 is 0 Å². The fourth-order valence-electron chi connectivity index (χ4n) is 4.08. The van der Waals surface area contributed by atoms with E-state index in [0.717, 1.165) is 18.8 Å². The van der Waals surface area contributed by atoms with Gasteiger partial charge >= 0.3 is 0 Å². The summed E-state index contributed by atoms with van der Waals surface area (Å²) >= 11 is 0. The van der Waals surface area contributed by atoms with E-state index in [-0.39, 0.29) is 11.8 Å². The molecule has 1 aromatic rings. The van der Waals surface area contributed by atoms with E-state index in [1.54, 1.807) is 18.7 Å². The van der Waals surface area contributed by atoms with Gasteiger partial charge in [0, 0.05) is 13.1 Å². The van der Waals surface area contributed by atoms with Crippen molar-refractivity contribution < 1.29 is 9.59 Å². The number of fused-ring (bicyclic) bond motifs is 1. The predicted molar refractivity (Wildman–Crippen MR) is 96.0 cm³/mol. The largest absolute Gasteiger partial charge is 0.322 e. The normalized spacial score (nSPS) is 26.7. The van der Waals surface area contributed by atoms with Crippen LogP contribution in [0.2, 0.25) is 0 Å². The van der Waals surface area contributed by atoms with Crippen LogP contribution in [0.1, 0.15) is 34.1 Å². The molecule has 5 nitrogen and oxygen atoms in total. The Balaban J connectivity index is 1.86. The van der Waals surface area contributed by atoms with Gasteiger partial charge in [0.15, 0.2) is 0 Å². The number of hydrogen-bond acceptors (Lipinski definition) is 3. The first-order valence-corrected chi connectivity index (χ1v) is 8.75. The van der Waals surface area contributed by atoms with E-state index < -0.39 is 5.54 Å². The summed E-state index contributed by atoms with van der Waals surface area (Å²) in [7, 11) is 0. The number of rotatable bonds is 2. The maximum atomic E-state index is 13.1. The summed E-state index contributed by atoms with van der Waals surface area (Å²) in [6, 6.07) is 7.51. The topological polar surface area (TPSA) is 52.7 Å². The molecular weight excluding hydrogens is 302 g/mol. The van der Waals surface area contributed by atoms with Crippen molar-refractivity contribution in [2.75, 3.05) is 29.9 Å². The first kappa shape index (κ1) is 17.0. The Hall–Kier alpha value is -1.88. The van der Waals surface area contributed by atoms with Gasteiger partial charge in [-0.25, -0.2) is 0 Å². The highest BCUT2D eigenvalue weighted by Crippen LogP contribution is 2.36. The molecule has 130 valence electrons. The Labute approximate surface area is 144 Å². The molecule has 2 heterocycles. The molecule has 0 radical (unpaired) electrons. The summed E-state index contributed by atoms with van der Waals surface area (Å²) in [5.41, 5.74) is 0.596. The molecule has 0 aromatic heterocycles. The van der Waals surface area contributed by atoms with Gasteiger partial charge in [-0.1, -0.05) is 26.0 Å². The standard InChI is InChI=1S/C19H27N3O2/c1-13-9-14(2)11-21(10-13)12-17(23)22-16-8-6-5-7-15(16)20-18(24)19(22,3)4/h5-8,13-14H,9-12H2,1-4H3,(H,20,24)/t13-,14-/m0/s1. The summed E-state index contributed by atoms with van der Waals surface area (Å²) in [6.45, 7) is 10.3. The molecule has 2 aliphatic heterocycles. The fourth-order valence-corrected chi connectivity index (χ4v) is 4.08. The van der Waals surface area contributed by atoms with Crippen LogP contribution in [0.3, 0.4) is 0 Å². The number of para-hydroxylation sites is 2. The molecule has 0 saturated carbocycles. The summed E-state index contributed by atoms with van der Waals surface area (Å²) in [6.07, 6.45) is 1.21. The zero-order chi connectivity index (χ0) is 17.5. The smallest absolute Gasteiger partial charge is 0.250 e. The SMILES string of the molecule is C[C@H]1C[C@H](C)CN(CC(=O)N2c3ccccc3NC(=O)C2(C)C)C1. The molecule has 1 saturated heterocycles. The Bertz CT molecular complexity index is 646. The lowest BCUT2D eigenvalue weighted by Crippen LogP contribution is -2.60. The lowest BCUT2D eigenvalue weighted by atomic mass is 9.91. The zero-order valence-corrected chi connectivity index (χ0v) is 15.0. The second-order valence-corrected chi connectivity index (χ2v) is 7.90. The number of carbonyl (C=O) groups is 2. The number of amides is 2. The number of likely N-dealkylation sites (tertiary alicyclic amines) is 1. The van der Waals surface area contributed by atoms with E-state index in [1.165, 1.54) is 6.42 Å². The molecule has 0 bridgehead atoms. The zero-order valence-electron chi connectivity index (χ0n) is 15.0. The van der Waals surface area contributed by atoms with Gasteiger partial charge in [-0.3, -0.25) is 19.4 Å². The number of anilines is 2. The molecular formula is C19H27N3O2. The Kier molecular flexibility index (Phi) is 4.38. The number of piperidine rings is 1. The van der Waals surface area contributed by atoms with E-state index in [0.29, 0.717) is 24.1 Å². The lowest BCUT2D eigenvalue weighted by molar-refractivity contribution is -0.127. The number of nitrogens with one attached hydrogen (secondary N) is 1. The molecule has 2 aliphatic rings. The third kappa shape index (κ3) is 3.05. The second-order valence-electron chi connectivity index (χ2n) is 7.90. The third-order valence-electron chi connectivity index (χ3n) is 5.06. The molecule has 0 unspecified atom stereocenters. The molecule has 0 spiro atoms. The summed E-state index contributed by atoms with van der Waals surface area (Å²) < 4.78 is 0. The van der Waals surface area contributed by atoms with Crippen LogP contribution in [-0.2, 0) is 9.59 Å². The van der Waals surface area contributed by atoms with Gasteiger partial charge in [0.05, 0.1) is 17.9 Å². The highest BCUT2D eigenvalue weighted by atomic mass is 16.2. The molecule has 3 rings (SSSR count). The van der Waals surface area contributed by atoms with E-state index in [1.807, 2.05) is 24.3 Å². The Morgan fingerprint density at radius 3 is 2.50 bits per heavy atom. The van der Waals surface area contributed by atoms with E-state index in [4.69, 9.17) is 0 Å². The minimum Gasteiger partial charge on any atom is -0.322 e. The van der Waals surface area contributed by atoms with Gasteiger partial charge in [-0.15, -0.1) is 0 Å². The van der Waals surface area contributed by atoms with Crippen molar-refractivity contribution in [1.29, 1.82) is 0 Å². The number of carbonyl (C=O) groups excluding carboxylic acids is 2. The van der Waals surface area contributed by atoms with Gasteiger partial charge < -0.3 is 5.32 Å². The summed E-state index contributed by atoms with van der Waals surface area (Å²) in [5.74, 6) is 1.05. The monoisotopic (exact) mass is 329 g/mol. The lowest BCUT2D eigenvalue weighted by Gasteiger charge is -2.43. The average Bonchev–Trinajstić information content (AvgIpc) is 2.46. The first-order chi connectivity index (χ1) is 11.3. The fraction of sp³-hybridized carbons (Fsp3) is 0.579. The van der Waals surface area contributed by atoms with E-state index in [9.17, 15) is 9.59 Å². The van der Waals surface area contributed by atoms with Crippen molar-refractivity contribution in [3.63, 3.8) is 0 Å². The Morgan fingerprint density at radius 1 is 1.21 bits per heavy atom. The van der Waals surface area contributed by atoms with Crippen molar-refractivity contribution in [3.05, 3.63) is 24.3 Å². The molecule has 2 atom stereocenters. The molecule has 1 N–H and O–H groups in total. The van der Waals surface area contributed by atoms with Gasteiger partial charge in [-0.2, -0.15) is 0 Å². The van der Waals surface area contributed by atoms with Crippen molar-refractivity contribution in [3.8, 4) is 0 Å². The first-order valence-electron chi connectivity index (χ1n) is 8.75. The summed E-state index contributed by atoms with van der Waals surface area (Å²) in [4.78, 5) is 29.5. The molecule has 5 heteroatoms. The average molecular weight is 329 g/mol. The minimum atomic E-state index is -0.890. The van der Waals surface area contributed by atoms with Gasteiger partial charge in [-0.05, 0) is 44.2 Å². The van der Waals surface area contributed by atoms with E-state index in [2.05, 4.69) is 24.1 Å². The van der Waals surface area contributed by atoms with Crippen LogP contribution in [0.15, 0.2) is 24.3 Å². The van der Waals surface area contributed by atoms with Crippen molar-refractivity contribution >= 4 is 23.2 Å². The second kappa shape index (κ2) is 6.20. The Morgan fingerprint density at radius 2 is 1.83 bits per heavy atom. The van der Waals surface area contributed by atoms with Crippen LogP contribution in [0, 0.1) is 11.8 Å². The molecule has 0 aliphatic carbocycles. The maximum absolute atomic E-state index is 13.1. The number of benzene rings is 1. The summed E-state index contributed by atoms with van der Waals surface area (Å²) in [5, 5.41) is 2.91. The van der Waals surface area contributed by atoms with Gasteiger partial charge in [0.1, 0.15) is 5.54 Å². The molecule has 1 aromatic carbocycles. The van der Waals surface area contributed by atoms with Crippen LogP contribution in [0.5, 0.6) is 0 Å². The number of hydrogen-bond donors (Lipinski definition) is 1. The highest BCUT2D eigenvalue weighted by Gasteiger charge is 2.43. The highest BCUT2D eigenvalue weighted by molar-refractivity contribution is 6.14.